The summed E-state index contributed by atoms with van der Waals surface area (Å²) in [5, 5.41) is 0. The van der Waals surface area contributed by atoms with E-state index in [-0.39, 0.29) is 13.0 Å². The summed E-state index contributed by atoms with van der Waals surface area (Å²) in [6, 6.07) is 0. The molecule has 0 radical (unpaired) electrons. The summed E-state index contributed by atoms with van der Waals surface area (Å²) in [7, 11) is -9.94. The Labute approximate surface area is 88.6 Å². The lowest BCUT2D eigenvalue weighted by molar-refractivity contribution is 0.143. The SMILES string of the molecule is CCOCCCN(S(=O)(=O)O)S(=O)(=O)O. The Morgan fingerprint density at radius 3 is 1.93 bits per heavy atom. The van der Waals surface area contributed by atoms with Crippen LogP contribution in [0.4, 0.5) is 0 Å². The maximum Gasteiger partial charge on any atom is 0.351 e. The van der Waals surface area contributed by atoms with E-state index in [0.717, 1.165) is 0 Å². The minimum Gasteiger partial charge on any atom is -0.382 e. The van der Waals surface area contributed by atoms with E-state index in [1.54, 1.807) is 6.92 Å². The molecule has 15 heavy (non-hydrogen) atoms. The van der Waals surface area contributed by atoms with Crippen molar-refractivity contribution in [2.24, 2.45) is 0 Å². The maximum atomic E-state index is 10.5. The molecule has 10 heteroatoms. The first kappa shape index (κ1) is 14.7. The Morgan fingerprint density at radius 1 is 1.13 bits per heavy atom. The van der Waals surface area contributed by atoms with E-state index < -0.39 is 30.9 Å². The molecule has 0 aromatic rings. The molecule has 0 unspecified atom stereocenters. The highest BCUT2D eigenvalue weighted by Gasteiger charge is 2.30. The molecule has 0 aliphatic carbocycles. The summed E-state index contributed by atoms with van der Waals surface area (Å²) in [5.41, 5.74) is 0. The molecule has 0 spiro atoms. The number of rotatable bonds is 7. The van der Waals surface area contributed by atoms with Gasteiger partial charge in [-0.3, -0.25) is 9.11 Å². The molecule has 0 fully saturated rings. The van der Waals surface area contributed by atoms with Gasteiger partial charge in [-0.05, 0) is 17.1 Å². The van der Waals surface area contributed by atoms with E-state index in [2.05, 4.69) is 0 Å². The van der Waals surface area contributed by atoms with Crippen molar-refractivity contribution >= 4 is 20.6 Å². The van der Waals surface area contributed by atoms with Gasteiger partial charge in [0.15, 0.2) is 0 Å². The fourth-order valence-electron chi connectivity index (χ4n) is 0.790. The molecular formula is C5H13NO7S2. The van der Waals surface area contributed by atoms with Crippen molar-refractivity contribution in [2.75, 3.05) is 19.8 Å². The van der Waals surface area contributed by atoms with Gasteiger partial charge in [-0.15, -0.1) is 0 Å². The molecule has 0 saturated carbocycles. The summed E-state index contributed by atoms with van der Waals surface area (Å²) in [4.78, 5) is 0. The first-order valence-corrected chi connectivity index (χ1v) is 6.79. The van der Waals surface area contributed by atoms with Crippen LogP contribution in [0, 0.1) is 0 Å². The summed E-state index contributed by atoms with van der Waals surface area (Å²) in [5.74, 6) is 0. The van der Waals surface area contributed by atoms with Gasteiger partial charge < -0.3 is 4.74 Å². The second-order valence-electron chi connectivity index (χ2n) is 2.50. The number of ether oxygens (including phenoxy) is 1. The molecule has 0 aromatic carbocycles. The normalized spacial score (nSPS) is 13.3. The summed E-state index contributed by atoms with van der Waals surface area (Å²) >= 11 is 0. The van der Waals surface area contributed by atoms with Crippen LogP contribution >= 0.6 is 0 Å². The minimum absolute atomic E-state index is 0.0351. The number of hydrogen-bond acceptors (Lipinski definition) is 5. The molecule has 0 aliphatic rings. The molecule has 0 heterocycles. The molecule has 0 atom stereocenters. The van der Waals surface area contributed by atoms with Crippen LogP contribution in [-0.2, 0) is 25.3 Å². The predicted molar refractivity (Wildman–Crippen MR) is 50.9 cm³/mol. The third-order valence-corrected chi connectivity index (χ3v) is 3.87. The average molecular weight is 263 g/mol. The Hall–Kier alpha value is -0.260. The Kier molecular flexibility index (Phi) is 5.62. The fourth-order valence-corrected chi connectivity index (χ4v) is 2.46. The van der Waals surface area contributed by atoms with Crippen molar-refractivity contribution in [3.8, 4) is 0 Å². The lowest BCUT2D eigenvalue weighted by Gasteiger charge is -2.13. The standard InChI is InChI=1S/C5H13NO7S2/c1-2-13-5-3-4-6(14(7,8)9)15(10,11)12/h2-5H2,1H3,(H,7,8,9)(H,10,11,12). The van der Waals surface area contributed by atoms with E-state index in [1.807, 2.05) is 0 Å². The van der Waals surface area contributed by atoms with Crippen LogP contribution in [0.3, 0.4) is 0 Å². The largest absolute Gasteiger partial charge is 0.382 e. The highest BCUT2D eigenvalue weighted by Crippen LogP contribution is 2.05. The van der Waals surface area contributed by atoms with Crippen molar-refractivity contribution < 1.29 is 30.7 Å². The highest BCUT2D eigenvalue weighted by atomic mass is 32.3. The van der Waals surface area contributed by atoms with E-state index in [0.29, 0.717) is 6.61 Å². The highest BCUT2D eigenvalue weighted by molar-refractivity contribution is 7.98. The van der Waals surface area contributed by atoms with Gasteiger partial charge in [0, 0.05) is 19.8 Å². The van der Waals surface area contributed by atoms with Crippen molar-refractivity contribution in [1.29, 1.82) is 0 Å². The van der Waals surface area contributed by atoms with Crippen molar-refractivity contribution in [3.05, 3.63) is 0 Å². The molecule has 0 amide bonds. The maximum absolute atomic E-state index is 10.5. The second-order valence-corrected chi connectivity index (χ2v) is 5.41. The molecule has 92 valence electrons. The van der Waals surface area contributed by atoms with Crippen LogP contribution < -0.4 is 0 Å². The molecule has 0 saturated heterocycles. The third kappa shape index (κ3) is 6.02. The lowest BCUT2D eigenvalue weighted by atomic mass is 10.5. The smallest absolute Gasteiger partial charge is 0.351 e. The van der Waals surface area contributed by atoms with Crippen LogP contribution in [0.5, 0.6) is 0 Å². The Bertz CT molecular complexity index is 340. The molecule has 0 aromatic heterocycles. The monoisotopic (exact) mass is 263 g/mol. The zero-order chi connectivity index (χ0) is 12.1. The van der Waals surface area contributed by atoms with Crippen LogP contribution in [0.2, 0.25) is 0 Å². The van der Waals surface area contributed by atoms with Crippen LogP contribution in [0.15, 0.2) is 0 Å². The summed E-state index contributed by atoms with van der Waals surface area (Å²) in [6.45, 7) is 1.66. The first-order valence-electron chi connectivity index (χ1n) is 4.00. The molecule has 2 N–H and O–H groups in total. The van der Waals surface area contributed by atoms with Crippen LogP contribution in [0.25, 0.3) is 0 Å². The third-order valence-electron chi connectivity index (χ3n) is 1.35. The second kappa shape index (κ2) is 5.72. The number of hydrogen-bond donors (Lipinski definition) is 2. The molecule has 0 bridgehead atoms. The van der Waals surface area contributed by atoms with E-state index in [4.69, 9.17) is 13.8 Å². The van der Waals surface area contributed by atoms with Gasteiger partial charge in [-0.25, -0.2) is 0 Å². The first-order chi connectivity index (χ1) is 6.69. The van der Waals surface area contributed by atoms with Gasteiger partial charge in [0.25, 0.3) is 0 Å². The Morgan fingerprint density at radius 2 is 1.60 bits per heavy atom. The summed E-state index contributed by atoms with van der Waals surface area (Å²) < 4.78 is 63.6. The topological polar surface area (TPSA) is 121 Å². The van der Waals surface area contributed by atoms with Gasteiger partial charge in [0.05, 0.1) is 0 Å². The van der Waals surface area contributed by atoms with Crippen molar-refractivity contribution in [2.45, 2.75) is 13.3 Å². The van der Waals surface area contributed by atoms with Gasteiger partial charge in [-0.2, -0.15) is 16.8 Å². The molecule has 0 rings (SSSR count). The molecular weight excluding hydrogens is 250 g/mol. The van der Waals surface area contributed by atoms with E-state index in [1.165, 1.54) is 0 Å². The van der Waals surface area contributed by atoms with Gasteiger partial charge in [0.1, 0.15) is 0 Å². The average Bonchev–Trinajstić information content (AvgIpc) is 1.99. The molecule has 8 nitrogen and oxygen atoms in total. The van der Waals surface area contributed by atoms with Gasteiger partial charge in [-0.1, -0.05) is 0 Å². The van der Waals surface area contributed by atoms with Gasteiger partial charge in [0.2, 0.25) is 0 Å². The van der Waals surface area contributed by atoms with E-state index in [9.17, 15) is 16.8 Å². The van der Waals surface area contributed by atoms with Crippen LogP contribution in [-0.4, -0.2) is 49.4 Å². The van der Waals surface area contributed by atoms with Crippen LogP contribution in [0.1, 0.15) is 13.3 Å². The fraction of sp³-hybridized carbons (Fsp3) is 1.00. The lowest BCUT2D eigenvalue weighted by Crippen LogP contribution is -2.37. The zero-order valence-electron chi connectivity index (χ0n) is 8.03. The number of nitrogens with zero attached hydrogens (tertiary/aromatic N) is 1. The Balaban J connectivity index is 4.44. The molecule has 0 aliphatic heterocycles. The zero-order valence-corrected chi connectivity index (χ0v) is 9.66. The van der Waals surface area contributed by atoms with Crippen molar-refractivity contribution in [3.63, 3.8) is 0 Å². The van der Waals surface area contributed by atoms with Crippen molar-refractivity contribution in [1.82, 2.24) is 3.71 Å². The predicted octanol–water partition coefficient (Wildman–Crippen LogP) is -0.679. The van der Waals surface area contributed by atoms with E-state index >= 15 is 0 Å². The van der Waals surface area contributed by atoms with Gasteiger partial charge >= 0.3 is 20.6 Å². The quantitative estimate of drug-likeness (QED) is 0.461. The minimum atomic E-state index is -4.97. The summed E-state index contributed by atoms with van der Waals surface area (Å²) in [6.07, 6.45) is 0.0351.